The zero-order valence-electron chi connectivity index (χ0n) is 13.9. The van der Waals surface area contributed by atoms with E-state index in [-0.39, 0.29) is 23.3 Å². The number of urea groups is 1. The molecule has 1 spiro atoms. The van der Waals surface area contributed by atoms with Gasteiger partial charge in [-0.25, -0.2) is 4.79 Å². The van der Waals surface area contributed by atoms with E-state index in [1.807, 2.05) is 21.9 Å². The number of aromatic nitrogens is 1. The minimum Gasteiger partial charge on any atom is -0.352 e. The average molecular weight is 328 g/mol. The van der Waals surface area contributed by atoms with Crippen molar-refractivity contribution >= 4 is 11.9 Å². The Balaban J connectivity index is 1.29. The first kappa shape index (κ1) is 15.4. The Bertz CT molecular complexity index is 629. The molecule has 2 aliphatic heterocycles. The van der Waals surface area contributed by atoms with Gasteiger partial charge >= 0.3 is 6.03 Å². The number of nitrogens with zero attached hydrogens (tertiary/aromatic N) is 3. The van der Waals surface area contributed by atoms with Crippen LogP contribution in [-0.4, -0.2) is 52.9 Å². The van der Waals surface area contributed by atoms with Crippen molar-refractivity contribution in [2.75, 3.05) is 26.2 Å². The topological polar surface area (TPSA) is 65.5 Å². The number of hydrogen-bond acceptors (Lipinski definition) is 3. The molecule has 1 aliphatic carbocycles. The molecule has 4 rings (SSSR count). The number of hydrogen-bond donors (Lipinski definition) is 1. The maximum Gasteiger partial charge on any atom is 0.320 e. The fourth-order valence-electron chi connectivity index (χ4n) is 4.15. The van der Waals surface area contributed by atoms with Crippen LogP contribution in [0.1, 0.15) is 31.2 Å². The van der Waals surface area contributed by atoms with Crippen molar-refractivity contribution in [1.82, 2.24) is 20.1 Å². The summed E-state index contributed by atoms with van der Waals surface area (Å²) in [5, 5.41) is 3.02. The first-order valence-electron chi connectivity index (χ1n) is 8.88. The summed E-state index contributed by atoms with van der Waals surface area (Å²) in [4.78, 5) is 32.9. The number of pyridine rings is 1. The Morgan fingerprint density at radius 3 is 2.83 bits per heavy atom. The van der Waals surface area contributed by atoms with Crippen molar-refractivity contribution < 1.29 is 9.59 Å². The summed E-state index contributed by atoms with van der Waals surface area (Å²) in [6.07, 6.45) is 7.60. The van der Waals surface area contributed by atoms with E-state index in [0.717, 1.165) is 57.4 Å². The first-order valence-corrected chi connectivity index (χ1v) is 8.88. The number of likely N-dealkylation sites (tertiary alicyclic amines) is 2. The molecule has 6 heteroatoms. The summed E-state index contributed by atoms with van der Waals surface area (Å²) in [5.41, 5.74) is 1.05. The van der Waals surface area contributed by atoms with Gasteiger partial charge in [0.05, 0.1) is 0 Å². The van der Waals surface area contributed by atoms with Gasteiger partial charge in [-0.2, -0.15) is 0 Å². The van der Waals surface area contributed by atoms with Crippen LogP contribution in [0.15, 0.2) is 24.5 Å². The number of carbonyl (C=O) groups excluding carboxylic acids is 2. The molecule has 3 fully saturated rings. The van der Waals surface area contributed by atoms with Crippen LogP contribution in [0.4, 0.5) is 4.79 Å². The van der Waals surface area contributed by atoms with Crippen molar-refractivity contribution in [3.63, 3.8) is 0 Å². The van der Waals surface area contributed by atoms with Crippen LogP contribution in [0.2, 0.25) is 0 Å². The van der Waals surface area contributed by atoms with Gasteiger partial charge in [-0.15, -0.1) is 0 Å². The van der Waals surface area contributed by atoms with Crippen LogP contribution >= 0.6 is 0 Å². The maximum absolute atomic E-state index is 12.5. The standard InChI is InChI=1S/C18H24N4O2/c23-16(20-12-14-4-3-6-19-11-14)15-10-18(15)5-9-22(13-18)17(24)21-7-1-2-8-21/h3-4,6,11,15H,1-2,5,7-10,12-13H2,(H,20,23)/t15-,18-/m0/s1. The first-order chi connectivity index (χ1) is 11.7. The second-order valence-corrected chi connectivity index (χ2v) is 7.35. The third kappa shape index (κ3) is 2.85. The van der Waals surface area contributed by atoms with Gasteiger partial charge in [-0.1, -0.05) is 6.07 Å². The normalized spacial score (nSPS) is 28.4. The maximum atomic E-state index is 12.5. The number of carbonyl (C=O) groups is 2. The van der Waals surface area contributed by atoms with Crippen molar-refractivity contribution in [3.8, 4) is 0 Å². The fraction of sp³-hybridized carbons (Fsp3) is 0.611. The molecule has 24 heavy (non-hydrogen) atoms. The summed E-state index contributed by atoms with van der Waals surface area (Å²) < 4.78 is 0. The quantitative estimate of drug-likeness (QED) is 0.917. The van der Waals surface area contributed by atoms with Gasteiger partial charge < -0.3 is 15.1 Å². The summed E-state index contributed by atoms with van der Waals surface area (Å²) >= 11 is 0. The molecule has 1 N–H and O–H groups in total. The third-order valence-electron chi connectivity index (χ3n) is 5.73. The average Bonchev–Trinajstić information content (AvgIpc) is 2.98. The lowest BCUT2D eigenvalue weighted by Gasteiger charge is -2.24. The Hall–Kier alpha value is -2.11. The van der Waals surface area contributed by atoms with E-state index < -0.39 is 0 Å². The molecule has 2 atom stereocenters. The molecule has 0 radical (unpaired) electrons. The molecule has 0 unspecified atom stereocenters. The number of amides is 3. The minimum atomic E-state index is 0.0361. The van der Waals surface area contributed by atoms with Gasteiger partial charge in [0.1, 0.15) is 0 Å². The van der Waals surface area contributed by atoms with E-state index in [9.17, 15) is 9.59 Å². The molecular weight excluding hydrogens is 304 g/mol. The highest BCUT2D eigenvalue weighted by Gasteiger charge is 2.61. The van der Waals surface area contributed by atoms with E-state index in [2.05, 4.69) is 10.3 Å². The molecule has 6 nitrogen and oxygen atoms in total. The molecule has 0 bridgehead atoms. The SMILES string of the molecule is O=C(NCc1cccnc1)[C@@H]1C[C@]12CCN(C(=O)N1CCCC1)C2. The molecule has 3 heterocycles. The predicted molar refractivity (Wildman–Crippen MR) is 89.0 cm³/mol. The third-order valence-corrected chi connectivity index (χ3v) is 5.73. The molecule has 128 valence electrons. The lowest BCUT2D eigenvalue weighted by atomic mass is 10.0. The monoisotopic (exact) mass is 328 g/mol. The molecule has 3 aliphatic rings. The fourth-order valence-corrected chi connectivity index (χ4v) is 4.15. The summed E-state index contributed by atoms with van der Waals surface area (Å²) in [7, 11) is 0. The molecule has 3 amide bonds. The molecular formula is C18H24N4O2. The second kappa shape index (κ2) is 6.07. The van der Waals surface area contributed by atoms with Crippen LogP contribution in [-0.2, 0) is 11.3 Å². The number of nitrogens with one attached hydrogen (secondary N) is 1. The highest BCUT2D eigenvalue weighted by molar-refractivity contribution is 5.83. The van der Waals surface area contributed by atoms with Crippen molar-refractivity contribution in [3.05, 3.63) is 30.1 Å². The Kier molecular flexibility index (Phi) is 3.90. The van der Waals surface area contributed by atoms with E-state index >= 15 is 0 Å². The smallest absolute Gasteiger partial charge is 0.320 e. The van der Waals surface area contributed by atoms with Crippen molar-refractivity contribution in [2.24, 2.45) is 11.3 Å². The van der Waals surface area contributed by atoms with Crippen LogP contribution in [0.5, 0.6) is 0 Å². The van der Waals surface area contributed by atoms with E-state index in [4.69, 9.17) is 0 Å². The minimum absolute atomic E-state index is 0.0361. The molecule has 0 aromatic carbocycles. The summed E-state index contributed by atoms with van der Waals surface area (Å²) in [5.74, 6) is 0.180. The van der Waals surface area contributed by atoms with E-state index in [1.165, 1.54) is 0 Å². The molecule has 1 aromatic rings. The highest BCUT2D eigenvalue weighted by Crippen LogP contribution is 2.58. The Morgan fingerprint density at radius 1 is 1.25 bits per heavy atom. The van der Waals surface area contributed by atoms with E-state index in [1.54, 1.807) is 12.4 Å². The van der Waals surface area contributed by atoms with Gasteiger partial charge in [0.25, 0.3) is 0 Å². The van der Waals surface area contributed by atoms with Crippen LogP contribution in [0.3, 0.4) is 0 Å². The van der Waals surface area contributed by atoms with Crippen LogP contribution in [0.25, 0.3) is 0 Å². The molecule has 2 saturated heterocycles. The van der Waals surface area contributed by atoms with Gasteiger partial charge in [0.15, 0.2) is 0 Å². The van der Waals surface area contributed by atoms with Gasteiger partial charge in [-0.05, 0) is 37.3 Å². The predicted octanol–water partition coefficient (Wildman–Crippen LogP) is 1.63. The number of rotatable bonds is 3. The molecule has 1 aromatic heterocycles. The largest absolute Gasteiger partial charge is 0.352 e. The summed E-state index contributed by atoms with van der Waals surface area (Å²) in [6.45, 7) is 3.83. The van der Waals surface area contributed by atoms with Gasteiger partial charge in [0.2, 0.25) is 5.91 Å². The van der Waals surface area contributed by atoms with Crippen molar-refractivity contribution in [2.45, 2.75) is 32.2 Å². The van der Waals surface area contributed by atoms with Gasteiger partial charge in [0, 0.05) is 56.5 Å². The van der Waals surface area contributed by atoms with Crippen LogP contribution in [0, 0.1) is 11.3 Å². The van der Waals surface area contributed by atoms with Gasteiger partial charge in [-0.3, -0.25) is 9.78 Å². The highest BCUT2D eigenvalue weighted by atomic mass is 16.2. The zero-order chi connectivity index (χ0) is 16.6. The lowest BCUT2D eigenvalue weighted by Crippen LogP contribution is -2.40. The second-order valence-electron chi connectivity index (χ2n) is 7.35. The lowest BCUT2D eigenvalue weighted by molar-refractivity contribution is -0.123. The van der Waals surface area contributed by atoms with Crippen LogP contribution < -0.4 is 5.32 Å². The Morgan fingerprint density at radius 2 is 2.08 bits per heavy atom. The van der Waals surface area contributed by atoms with E-state index in [0.29, 0.717) is 6.54 Å². The zero-order valence-corrected chi connectivity index (χ0v) is 13.9. The summed E-state index contributed by atoms with van der Waals surface area (Å²) in [6, 6.07) is 4.01. The Labute approximate surface area is 142 Å². The van der Waals surface area contributed by atoms with Crippen molar-refractivity contribution in [1.29, 1.82) is 0 Å². The molecule has 1 saturated carbocycles.